The number of halogens is 2. The molecule has 0 radical (unpaired) electrons. The Kier molecular flexibility index (Phi) is 11.2. The summed E-state index contributed by atoms with van der Waals surface area (Å²) in [6.07, 6.45) is 1.64. The van der Waals surface area contributed by atoms with Crippen LogP contribution in [0.3, 0.4) is 0 Å². The number of hydrogen-bond acceptors (Lipinski definition) is 5. The van der Waals surface area contributed by atoms with E-state index in [1.165, 1.54) is 0 Å². The first kappa shape index (κ1) is 25.4. The Morgan fingerprint density at radius 1 is 1.17 bits per heavy atom. The van der Waals surface area contributed by atoms with E-state index >= 15 is 0 Å². The molecule has 162 valence electrons. The molecular weight excluding hydrogens is 507 g/mol. The molecule has 2 aromatic rings. The van der Waals surface area contributed by atoms with Gasteiger partial charge in [0.25, 0.3) is 0 Å². The second-order valence-electron chi connectivity index (χ2n) is 6.06. The molecule has 0 atom stereocenters. The molecule has 0 aliphatic heterocycles. The van der Waals surface area contributed by atoms with E-state index in [4.69, 9.17) is 25.6 Å². The molecule has 1 heterocycles. The minimum absolute atomic E-state index is 0. The van der Waals surface area contributed by atoms with Crippen molar-refractivity contribution in [1.29, 1.82) is 0 Å². The number of nitrogens with one attached hydrogen (secondary N) is 2. The summed E-state index contributed by atoms with van der Waals surface area (Å²) < 4.78 is 16.4. The molecule has 0 aliphatic carbocycles. The molecule has 0 aliphatic rings. The van der Waals surface area contributed by atoms with Crippen molar-refractivity contribution in [1.82, 2.24) is 15.8 Å². The van der Waals surface area contributed by atoms with E-state index in [-0.39, 0.29) is 24.0 Å². The summed E-state index contributed by atoms with van der Waals surface area (Å²) >= 11 is 6.34. The lowest BCUT2D eigenvalue weighted by Crippen LogP contribution is -2.36. The molecule has 9 heteroatoms. The Morgan fingerprint density at radius 2 is 1.90 bits per heavy atom. The highest BCUT2D eigenvalue weighted by atomic mass is 127. The first-order valence-electron chi connectivity index (χ1n) is 9.47. The van der Waals surface area contributed by atoms with Gasteiger partial charge in [0.2, 0.25) is 0 Å². The molecule has 1 aromatic heterocycles. The minimum atomic E-state index is 0. The quantitative estimate of drug-likeness (QED) is 0.282. The Balaban J connectivity index is 0.00000420. The van der Waals surface area contributed by atoms with E-state index in [0.717, 1.165) is 35.4 Å². The van der Waals surface area contributed by atoms with E-state index in [9.17, 15) is 0 Å². The molecule has 0 bridgehead atoms. The fourth-order valence-electron chi connectivity index (χ4n) is 2.88. The minimum Gasteiger partial charge on any atom is -0.493 e. The Morgan fingerprint density at radius 3 is 2.48 bits per heavy atom. The van der Waals surface area contributed by atoms with Gasteiger partial charge in [-0.3, -0.25) is 4.99 Å². The first-order valence-corrected chi connectivity index (χ1v) is 9.85. The summed E-state index contributed by atoms with van der Waals surface area (Å²) in [6.45, 7) is 7.68. The molecule has 0 saturated carbocycles. The molecule has 2 N–H and O–H groups in total. The van der Waals surface area contributed by atoms with Crippen LogP contribution in [0, 0.1) is 0 Å². The van der Waals surface area contributed by atoms with Crippen LogP contribution in [0.4, 0.5) is 0 Å². The second kappa shape index (κ2) is 12.8. The molecular formula is C20H30ClIN4O3. The number of aliphatic imine (C=N–C) groups is 1. The van der Waals surface area contributed by atoms with Crippen LogP contribution in [0.15, 0.2) is 21.6 Å². The number of hydrogen-bond donors (Lipinski definition) is 2. The van der Waals surface area contributed by atoms with Crippen molar-refractivity contribution in [2.24, 2.45) is 4.99 Å². The van der Waals surface area contributed by atoms with Crippen LogP contribution in [0.1, 0.15) is 43.4 Å². The summed E-state index contributed by atoms with van der Waals surface area (Å²) in [6, 6.07) is 3.77. The molecule has 0 saturated heterocycles. The van der Waals surface area contributed by atoms with Gasteiger partial charge >= 0.3 is 0 Å². The standard InChI is InChI=1S/C20H29ClN4O3.HI/c1-6-16-14(17(7-2)28-25-16)12-24-20(22-4)23-11-13-9-15(21)19(27-8-3)18(10-13)26-5;/h9-10H,6-8,11-12H2,1-5H3,(H2,22,23,24);1H. The summed E-state index contributed by atoms with van der Waals surface area (Å²) in [7, 11) is 3.33. The number of aromatic nitrogens is 1. The molecule has 0 fully saturated rings. The van der Waals surface area contributed by atoms with Crippen LogP contribution >= 0.6 is 35.6 Å². The third-order valence-electron chi connectivity index (χ3n) is 4.30. The number of guanidine groups is 1. The first-order chi connectivity index (χ1) is 13.6. The second-order valence-corrected chi connectivity index (χ2v) is 6.47. The predicted octanol–water partition coefficient (Wildman–Crippen LogP) is 4.34. The van der Waals surface area contributed by atoms with Gasteiger partial charge in [-0.25, -0.2) is 0 Å². The van der Waals surface area contributed by atoms with Crippen LogP contribution in [-0.2, 0) is 25.9 Å². The molecule has 0 unspecified atom stereocenters. The number of benzene rings is 1. The average molecular weight is 537 g/mol. The van der Waals surface area contributed by atoms with Gasteiger partial charge < -0.3 is 24.6 Å². The van der Waals surface area contributed by atoms with E-state index < -0.39 is 0 Å². The fourth-order valence-corrected chi connectivity index (χ4v) is 3.16. The number of aryl methyl sites for hydroxylation is 2. The Hall–Kier alpha value is -1.68. The molecule has 2 rings (SSSR count). The third kappa shape index (κ3) is 6.67. The molecule has 1 aromatic carbocycles. The van der Waals surface area contributed by atoms with Crippen LogP contribution in [0.5, 0.6) is 11.5 Å². The van der Waals surface area contributed by atoms with Gasteiger partial charge in [0.1, 0.15) is 5.76 Å². The smallest absolute Gasteiger partial charge is 0.191 e. The maximum atomic E-state index is 6.34. The molecule has 0 spiro atoms. The zero-order chi connectivity index (χ0) is 20.5. The van der Waals surface area contributed by atoms with Gasteiger partial charge in [-0.2, -0.15) is 0 Å². The van der Waals surface area contributed by atoms with Crippen molar-refractivity contribution in [3.8, 4) is 11.5 Å². The highest BCUT2D eigenvalue weighted by Gasteiger charge is 2.14. The number of rotatable bonds is 9. The summed E-state index contributed by atoms with van der Waals surface area (Å²) in [5.74, 6) is 2.75. The largest absolute Gasteiger partial charge is 0.493 e. The van der Waals surface area contributed by atoms with Crippen LogP contribution in [0.2, 0.25) is 5.02 Å². The predicted molar refractivity (Wildman–Crippen MR) is 127 cm³/mol. The van der Waals surface area contributed by atoms with Crippen LogP contribution in [0.25, 0.3) is 0 Å². The van der Waals surface area contributed by atoms with Crippen molar-refractivity contribution in [3.05, 3.63) is 39.7 Å². The van der Waals surface area contributed by atoms with Gasteiger partial charge in [0.05, 0.1) is 24.4 Å². The number of ether oxygens (including phenoxy) is 2. The fraction of sp³-hybridized carbons (Fsp3) is 0.500. The highest BCUT2D eigenvalue weighted by molar-refractivity contribution is 14.0. The van der Waals surface area contributed by atoms with Gasteiger partial charge in [-0.15, -0.1) is 24.0 Å². The maximum absolute atomic E-state index is 6.34. The topological polar surface area (TPSA) is 80.9 Å². The summed E-state index contributed by atoms with van der Waals surface area (Å²) in [5, 5.41) is 11.3. The van der Waals surface area contributed by atoms with E-state index in [2.05, 4.69) is 34.6 Å². The molecule has 0 amide bonds. The lowest BCUT2D eigenvalue weighted by atomic mass is 10.1. The van der Waals surface area contributed by atoms with Gasteiger partial charge in [0.15, 0.2) is 17.5 Å². The van der Waals surface area contributed by atoms with E-state index in [1.54, 1.807) is 14.2 Å². The lowest BCUT2D eigenvalue weighted by molar-refractivity contribution is 0.311. The lowest BCUT2D eigenvalue weighted by Gasteiger charge is -2.15. The summed E-state index contributed by atoms with van der Waals surface area (Å²) in [4.78, 5) is 4.28. The normalized spacial score (nSPS) is 11.0. The van der Waals surface area contributed by atoms with Crippen molar-refractivity contribution >= 4 is 41.5 Å². The molecule has 7 nitrogen and oxygen atoms in total. The van der Waals surface area contributed by atoms with Crippen molar-refractivity contribution < 1.29 is 14.0 Å². The number of nitrogens with zero attached hydrogens (tertiary/aromatic N) is 2. The zero-order valence-electron chi connectivity index (χ0n) is 17.6. The number of methoxy groups -OCH3 is 1. The van der Waals surface area contributed by atoms with Crippen LogP contribution in [-0.4, -0.2) is 31.9 Å². The van der Waals surface area contributed by atoms with Gasteiger partial charge in [-0.1, -0.05) is 30.6 Å². The van der Waals surface area contributed by atoms with E-state index in [1.807, 2.05) is 19.1 Å². The highest BCUT2D eigenvalue weighted by Crippen LogP contribution is 2.36. The Labute approximate surface area is 194 Å². The van der Waals surface area contributed by atoms with Crippen molar-refractivity contribution in [2.45, 2.75) is 46.7 Å². The third-order valence-corrected chi connectivity index (χ3v) is 4.58. The average Bonchev–Trinajstić information content (AvgIpc) is 3.11. The van der Waals surface area contributed by atoms with Crippen molar-refractivity contribution in [2.75, 3.05) is 20.8 Å². The van der Waals surface area contributed by atoms with Gasteiger partial charge in [0, 0.05) is 32.1 Å². The molecule has 29 heavy (non-hydrogen) atoms. The monoisotopic (exact) mass is 536 g/mol. The zero-order valence-corrected chi connectivity index (χ0v) is 20.7. The van der Waals surface area contributed by atoms with E-state index in [0.29, 0.717) is 42.2 Å². The SMILES string of the molecule is CCOc1c(Cl)cc(CNC(=NC)NCc2c(CC)noc2CC)cc1OC.I. The van der Waals surface area contributed by atoms with Crippen molar-refractivity contribution in [3.63, 3.8) is 0 Å². The van der Waals surface area contributed by atoms with Crippen LogP contribution < -0.4 is 20.1 Å². The Bertz CT molecular complexity index is 790. The summed E-state index contributed by atoms with van der Waals surface area (Å²) in [5.41, 5.74) is 3.03. The maximum Gasteiger partial charge on any atom is 0.191 e. The van der Waals surface area contributed by atoms with Gasteiger partial charge in [-0.05, 0) is 31.0 Å².